The Labute approximate surface area is 152 Å². The molecular weight excluding hydrogens is 375 g/mol. The van der Waals surface area contributed by atoms with Crippen LogP contribution in [0.4, 0.5) is 18.0 Å². The molecule has 142 valence electrons. The van der Waals surface area contributed by atoms with Gasteiger partial charge in [-0.05, 0) is 25.1 Å². The summed E-state index contributed by atoms with van der Waals surface area (Å²) in [5.74, 6) is 0.759. The van der Waals surface area contributed by atoms with Crippen molar-refractivity contribution in [3.63, 3.8) is 0 Å². The van der Waals surface area contributed by atoms with Crippen LogP contribution in [0.1, 0.15) is 12.2 Å². The maximum atomic E-state index is 12.5. The Kier molecular flexibility index (Phi) is 5.29. The van der Waals surface area contributed by atoms with Gasteiger partial charge in [0.2, 0.25) is 0 Å². The quantitative estimate of drug-likeness (QED) is 0.867. The van der Waals surface area contributed by atoms with Crippen LogP contribution in [-0.2, 0) is 16.0 Å². The van der Waals surface area contributed by atoms with Crippen molar-refractivity contribution in [1.29, 1.82) is 0 Å². The number of nitrogens with one attached hydrogen (secondary N) is 1. The summed E-state index contributed by atoms with van der Waals surface area (Å²) in [6.45, 7) is 2.25. The fourth-order valence-electron chi connectivity index (χ4n) is 2.88. The van der Waals surface area contributed by atoms with E-state index >= 15 is 0 Å². The Hall–Kier alpha value is -2.00. The number of benzene rings is 1. The molecular formula is C16H17ClF3N3O3. The van der Waals surface area contributed by atoms with Crippen molar-refractivity contribution in [3.05, 3.63) is 29.0 Å². The van der Waals surface area contributed by atoms with Gasteiger partial charge in [0.25, 0.3) is 0 Å². The predicted octanol–water partition coefficient (Wildman–Crippen LogP) is 3.44. The van der Waals surface area contributed by atoms with E-state index in [2.05, 4.69) is 15.0 Å². The summed E-state index contributed by atoms with van der Waals surface area (Å²) in [6, 6.07) is 5.34. The highest BCUT2D eigenvalue weighted by Crippen LogP contribution is 2.31. The topological polar surface area (TPSA) is 65.4 Å². The summed E-state index contributed by atoms with van der Waals surface area (Å²) in [6.07, 6.45) is -8.39. The number of aryl methyl sites for hydroxylation is 1. The highest BCUT2D eigenvalue weighted by atomic mass is 35.5. The summed E-state index contributed by atoms with van der Waals surface area (Å²) in [7, 11) is 0. The Morgan fingerprint density at radius 3 is 2.96 bits per heavy atom. The van der Waals surface area contributed by atoms with Crippen molar-refractivity contribution in [2.45, 2.75) is 38.3 Å². The minimum absolute atomic E-state index is 0.240. The average Bonchev–Trinajstić information content (AvgIpc) is 3.11. The molecule has 1 N–H and O–H groups in total. The second-order valence-electron chi connectivity index (χ2n) is 6.00. The first kappa shape index (κ1) is 18.8. The monoisotopic (exact) mass is 391 g/mol. The van der Waals surface area contributed by atoms with Gasteiger partial charge in [0.15, 0.2) is 6.10 Å². The maximum absolute atomic E-state index is 12.5. The van der Waals surface area contributed by atoms with Gasteiger partial charge < -0.3 is 19.4 Å². The van der Waals surface area contributed by atoms with Crippen molar-refractivity contribution in [2.75, 3.05) is 13.2 Å². The molecule has 26 heavy (non-hydrogen) atoms. The van der Waals surface area contributed by atoms with Crippen molar-refractivity contribution in [2.24, 2.45) is 0 Å². The van der Waals surface area contributed by atoms with E-state index in [9.17, 15) is 18.0 Å². The molecule has 0 bridgehead atoms. The number of alkyl carbamates (subject to hydrolysis) is 1. The van der Waals surface area contributed by atoms with Crippen molar-refractivity contribution in [3.8, 4) is 0 Å². The maximum Gasteiger partial charge on any atom is 0.414 e. The molecule has 2 atom stereocenters. The van der Waals surface area contributed by atoms with Crippen molar-refractivity contribution >= 4 is 28.7 Å². The largest absolute Gasteiger partial charge is 0.444 e. The number of carbonyl (C=O) groups is 1. The first-order valence-corrected chi connectivity index (χ1v) is 8.37. The van der Waals surface area contributed by atoms with Gasteiger partial charge >= 0.3 is 12.3 Å². The third-order valence-electron chi connectivity index (χ3n) is 4.10. The van der Waals surface area contributed by atoms with Gasteiger partial charge in [-0.3, -0.25) is 0 Å². The third-order valence-corrected chi connectivity index (χ3v) is 4.34. The zero-order chi connectivity index (χ0) is 18.9. The van der Waals surface area contributed by atoms with Gasteiger partial charge in [-0.25, -0.2) is 9.78 Å². The number of imidazole rings is 1. The number of aromatic nitrogens is 2. The lowest BCUT2D eigenvalue weighted by Gasteiger charge is -2.14. The lowest BCUT2D eigenvalue weighted by Crippen LogP contribution is -2.32. The Morgan fingerprint density at radius 2 is 2.27 bits per heavy atom. The van der Waals surface area contributed by atoms with Gasteiger partial charge in [0, 0.05) is 24.5 Å². The van der Waals surface area contributed by atoms with Gasteiger partial charge in [-0.2, -0.15) is 13.2 Å². The van der Waals surface area contributed by atoms with E-state index in [0.717, 1.165) is 16.9 Å². The molecule has 1 aliphatic heterocycles. The summed E-state index contributed by atoms with van der Waals surface area (Å²) >= 11 is 5.94. The predicted molar refractivity (Wildman–Crippen MR) is 88.2 cm³/mol. The van der Waals surface area contributed by atoms with Gasteiger partial charge in [-0.15, -0.1) is 0 Å². The number of hydrogen-bond acceptors (Lipinski definition) is 4. The molecule has 0 aliphatic carbocycles. The van der Waals surface area contributed by atoms with Crippen LogP contribution in [0.3, 0.4) is 0 Å². The summed E-state index contributed by atoms with van der Waals surface area (Å²) in [5.41, 5.74) is 1.62. The van der Waals surface area contributed by atoms with Crippen LogP contribution in [0.25, 0.3) is 11.0 Å². The molecule has 0 unspecified atom stereocenters. The zero-order valence-electron chi connectivity index (χ0n) is 13.8. The lowest BCUT2D eigenvalue weighted by atomic mass is 10.2. The number of amides is 1. The zero-order valence-corrected chi connectivity index (χ0v) is 14.6. The van der Waals surface area contributed by atoms with E-state index in [-0.39, 0.29) is 19.6 Å². The molecule has 2 aromatic rings. The number of halogens is 4. The minimum atomic E-state index is -4.45. The number of hydrogen-bond donors (Lipinski definition) is 1. The van der Waals surface area contributed by atoms with Gasteiger partial charge in [0.1, 0.15) is 11.9 Å². The Bertz CT molecular complexity index is 809. The summed E-state index contributed by atoms with van der Waals surface area (Å²) < 4.78 is 49.1. The number of fused-ring (bicyclic) bond motifs is 1. The molecule has 1 fully saturated rings. The number of rotatable bonds is 4. The van der Waals surface area contributed by atoms with Crippen LogP contribution in [0.5, 0.6) is 0 Å². The smallest absolute Gasteiger partial charge is 0.414 e. The van der Waals surface area contributed by atoms with E-state index in [1.165, 1.54) is 0 Å². The highest BCUT2D eigenvalue weighted by molar-refractivity contribution is 6.31. The molecule has 0 radical (unpaired) electrons. The number of nitrogens with zero attached hydrogens (tertiary/aromatic N) is 2. The van der Waals surface area contributed by atoms with E-state index < -0.39 is 24.5 Å². The standard InChI is InChI=1S/C16H17ClF3N3O3/c1-9-22-12-6-10(17)2-3-13(12)23(9)5-4-21-15(24)26-11-7-14(25-8-11)16(18,19)20/h2-3,6,11,14H,4-5,7-8H2,1H3,(H,21,24)/t11-,14-/m0/s1. The molecule has 3 rings (SSSR count). The van der Waals surface area contributed by atoms with Crippen LogP contribution in [-0.4, -0.2) is 47.2 Å². The number of carbonyl (C=O) groups excluding carboxylic acids is 1. The van der Waals surface area contributed by atoms with Crippen LogP contribution in [0.15, 0.2) is 18.2 Å². The van der Waals surface area contributed by atoms with Crippen LogP contribution in [0.2, 0.25) is 5.02 Å². The molecule has 1 aromatic carbocycles. The SMILES string of the molecule is Cc1nc2cc(Cl)ccc2n1CCNC(=O)O[C@@H]1CO[C@H](C(F)(F)F)C1. The van der Waals surface area contributed by atoms with E-state index in [4.69, 9.17) is 16.3 Å². The fraction of sp³-hybridized carbons (Fsp3) is 0.500. The summed E-state index contributed by atoms with van der Waals surface area (Å²) in [5, 5.41) is 3.12. The molecule has 6 nitrogen and oxygen atoms in total. The second kappa shape index (κ2) is 7.32. The van der Waals surface area contributed by atoms with Gasteiger partial charge in [0.05, 0.1) is 17.6 Å². The van der Waals surface area contributed by atoms with Crippen LogP contribution < -0.4 is 5.32 Å². The van der Waals surface area contributed by atoms with E-state index in [0.29, 0.717) is 11.6 Å². The Morgan fingerprint density at radius 1 is 1.50 bits per heavy atom. The fourth-order valence-corrected chi connectivity index (χ4v) is 3.04. The van der Waals surface area contributed by atoms with Gasteiger partial charge in [-0.1, -0.05) is 11.6 Å². The molecule has 1 aromatic heterocycles. The third kappa shape index (κ3) is 4.21. The van der Waals surface area contributed by atoms with E-state index in [1.807, 2.05) is 17.6 Å². The first-order valence-electron chi connectivity index (χ1n) is 7.99. The minimum Gasteiger partial charge on any atom is -0.444 e. The van der Waals surface area contributed by atoms with Crippen molar-refractivity contribution in [1.82, 2.24) is 14.9 Å². The summed E-state index contributed by atoms with van der Waals surface area (Å²) in [4.78, 5) is 16.2. The van der Waals surface area contributed by atoms with Crippen LogP contribution >= 0.6 is 11.6 Å². The van der Waals surface area contributed by atoms with Crippen LogP contribution in [0, 0.1) is 6.92 Å². The molecule has 1 saturated heterocycles. The van der Waals surface area contributed by atoms with E-state index in [1.54, 1.807) is 12.1 Å². The molecule has 1 aliphatic rings. The molecule has 10 heteroatoms. The average molecular weight is 392 g/mol. The first-order chi connectivity index (χ1) is 12.2. The number of alkyl halides is 3. The normalized spacial score (nSPS) is 20.5. The molecule has 1 amide bonds. The molecule has 2 heterocycles. The lowest BCUT2D eigenvalue weighted by molar-refractivity contribution is -0.206. The Balaban J connectivity index is 1.50. The van der Waals surface area contributed by atoms with Crippen molar-refractivity contribution < 1.29 is 27.4 Å². The molecule has 0 spiro atoms. The second-order valence-corrected chi connectivity index (χ2v) is 6.43. The number of ether oxygens (including phenoxy) is 2. The highest BCUT2D eigenvalue weighted by Gasteiger charge is 2.46. The molecule has 0 saturated carbocycles.